The van der Waals surface area contributed by atoms with Crippen molar-refractivity contribution in [1.29, 1.82) is 0 Å². The molecule has 6 nitrogen and oxygen atoms in total. The van der Waals surface area contributed by atoms with Crippen molar-refractivity contribution < 1.29 is 18.3 Å². The van der Waals surface area contributed by atoms with Crippen LogP contribution in [-0.2, 0) is 16.0 Å². The number of nitrogens with zero attached hydrogens (tertiary/aromatic N) is 3. The first kappa shape index (κ1) is 20.4. The Bertz CT molecular complexity index is 846. The maximum Gasteiger partial charge on any atom is 0.296 e. The van der Waals surface area contributed by atoms with Crippen molar-refractivity contribution in [2.75, 3.05) is 30.4 Å². The van der Waals surface area contributed by atoms with Crippen molar-refractivity contribution in [3.63, 3.8) is 0 Å². The van der Waals surface area contributed by atoms with E-state index in [1.54, 1.807) is 18.2 Å². The second-order valence-electron chi connectivity index (χ2n) is 6.66. The molecule has 0 bridgehead atoms. The van der Waals surface area contributed by atoms with Crippen LogP contribution in [0.25, 0.3) is 0 Å². The number of rotatable bonds is 5. The summed E-state index contributed by atoms with van der Waals surface area (Å²) in [6, 6.07) is 6.56. The van der Waals surface area contributed by atoms with E-state index in [9.17, 15) is 13.6 Å². The van der Waals surface area contributed by atoms with E-state index >= 15 is 0 Å². The van der Waals surface area contributed by atoms with Crippen LogP contribution in [0.5, 0.6) is 0 Å². The van der Waals surface area contributed by atoms with Crippen molar-refractivity contribution in [3.05, 3.63) is 46.1 Å². The van der Waals surface area contributed by atoms with Crippen LogP contribution >= 0.6 is 11.6 Å². The van der Waals surface area contributed by atoms with E-state index in [1.165, 1.54) is 0 Å². The number of carbonyl (C=O) groups excluding carboxylic acids is 1. The Morgan fingerprint density at radius 1 is 1.39 bits per heavy atom. The molecule has 0 unspecified atom stereocenters. The van der Waals surface area contributed by atoms with Gasteiger partial charge in [-0.3, -0.25) is 4.79 Å². The van der Waals surface area contributed by atoms with Gasteiger partial charge >= 0.3 is 0 Å². The molecule has 1 fully saturated rings. The lowest BCUT2D eigenvalue weighted by Crippen LogP contribution is -2.32. The second kappa shape index (κ2) is 8.79. The number of anilines is 2. The Morgan fingerprint density at radius 3 is 2.86 bits per heavy atom. The van der Waals surface area contributed by atoms with Gasteiger partial charge < -0.3 is 15.4 Å². The van der Waals surface area contributed by atoms with Gasteiger partial charge in [-0.25, -0.2) is 13.8 Å². The number of alkyl halides is 2. The normalized spacial score (nSPS) is 17.6. The molecule has 9 heteroatoms. The van der Waals surface area contributed by atoms with Crippen molar-refractivity contribution in [3.8, 4) is 0 Å². The maximum absolute atomic E-state index is 12.5. The molecule has 0 radical (unpaired) electrons. The smallest absolute Gasteiger partial charge is 0.296 e. The van der Waals surface area contributed by atoms with Gasteiger partial charge in [0.15, 0.2) is 0 Å². The number of Topliss-reactive ketones (excluding diaryl/α,β-unsaturated/α-hetero) is 1. The van der Waals surface area contributed by atoms with Crippen LogP contribution in [0.2, 0.25) is 5.02 Å². The number of carbonyl (C=O) groups is 1. The zero-order valence-corrected chi connectivity index (χ0v) is 16.1. The summed E-state index contributed by atoms with van der Waals surface area (Å²) in [7, 11) is 0. The third kappa shape index (κ3) is 4.74. The van der Waals surface area contributed by atoms with Gasteiger partial charge in [0, 0.05) is 36.4 Å². The molecule has 2 aromatic rings. The number of aryl methyl sites for hydroxylation is 1. The first-order chi connectivity index (χ1) is 13.3. The standard InChI is InChI=1S/C19H21ClF2N4O2/c1-11-7-17(25-19(23)24-11)26-5-2-6-28-10-15(26)13-4-3-12(8-14(13)20)9-16(27)18(21)22/h3-4,7-8,15,18H,2,5-6,9-10H2,1H3,(H2,23,24,25)/t15-/m1/s1. The lowest BCUT2D eigenvalue weighted by molar-refractivity contribution is -0.128. The summed E-state index contributed by atoms with van der Waals surface area (Å²) < 4.78 is 30.7. The summed E-state index contributed by atoms with van der Waals surface area (Å²) in [5.41, 5.74) is 7.78. The van der Waals surface area contributed by atoms with Crippen LogP contribution < -0.4 is 10.6 Å². The Hall–Kier alpha value is -2.32. The van der Waals surface area contributed by atoms with Gasteiger partial charge in [0.25, 0.3) is 6.43 Å². The fraction of sp³-hybridized carbons (Fsp3) is 0.421. The molecule has 0 amide bonds. The van der Waals surface area contributed by atoms with Crippen LogP contribution in [0.15, 0.2) is 24.3 Å². The Balaban J connectivity index is 1.93. The number of nitrogen functional groups attached to an aromatic ring is 1. The summed E-state index contributed by atoms with van der Waals surface area (Å²) in [5, 5.41) is 0.388. The molecule has 3 rings (SSSR count). The highest BCUT2D eigenvalue weighted by Crippen LogP contribution is 2.33. The maximum atomic E-state index is 12.5. The van der Waals surface area contributed by atoms with Crippen LogP contribution in [0, 0.1) is 6.92 Å². The highest BCUT2D eigenvalue weighted by molar-refractivity contribution is 6.31. The first-order valence-electron chi connectivity index (χ1n) is 8.90. The molecule has 1 aromatic heterocycles. The van der Waals surface area contributed by atoms with Crippen LogP contribution in [0.3, 0.4) is 0 Å². The topological polar surface area (TPSA) is 81.3 Å². The molecule has 2 N–H and O–H groups in total. The third-order valence-corrected chi connectivity index (χ3v) is 4.86. The molecule has 0 saturated carbocycles. The van der Waals surface area contributed by atoms with Crippen molar-refractivity contribution >= 4 is 29.2 Å². The number of hydrogen-bond donors (Lipinski definition) is 1. The molecule has 1 atom stereocenters. The first-order valence-corrected chi connectivity index (χ1v) is 9.27. The number of aromatic nitrogens is 2. The van der Waals surface area contributed by atoms with E-state index in [1.807, 2.05) is 13.0 Å². The predicted molar refractivity (Wildman–Crippen MR) is 103 cm³/mol. The molecule has 150 valence electrons. The Kier molecular flexibility index (Phi) is 6.41. The molecule has 1 aliphatic heterocycles. The van der Waals surface area contributed by atoms with Gasteiger partial charge in [-0.05, 0) is 30.5 Å². The highest BCUT2D eigenvalue weighted by atomic mass is 35.5. The number of benzene rings is 1. The average Bonchev–Trinajstić information content (AvgIpc) is 2.87. The number of ether oxygens (including phenoxy) is 1. The molecule has 0 aliphatic carbocycles. The summed E-state index contributed by atoms with van der Waals surface area (Å²) >= 11 is 6.46. The van der Waals surface area contributed by atoms with Crippen LogP contribution in [-0.4, -0.2) is 41.9 Å². The zero-order valence-electron chi connectivity index (χ0n) is 15.4. The van der Waals surface area contributed by atoms with Gasteiger partial charge in [-0.15, -0.1) is 0 Å². The monoisotopic (exact) mass is 410 g/mol. The number of halogens is 3. The second-order valence-corrected chi connectivity index (χ2v) is 7.07. The quantitative estimate of drug-likeness (QED) is 0.813. The van der Waals surface area contributed by atoms with E-state index in [0.717, 1.165) is 17.7 Å². The predicted octanol–water partition coefficient (Wildman–Crippen LogP) is 3.37. The molecule has 0 spiro atoms. The fourth-order valence-corrected chi connectivity index (χ4v) is 3.59. The van der Waals surface area contributed by atoms with Crippen molar-refractivity contribution in [2.45, 2.75) is 32.2 Å². The number of hydrogen-bond acceptors (Lipinski definition) is 6. The molecule has 1 saturated heterocycles. The largest absolute Gasteiger partial charge is 0.379 e. The van der Waals surface area contributed by atoms with Gasteiger partial charge in [-0.1, -0.05) is 23.7 Å². The molecule has 1 aromatic carbocycles. The molecule has 2 heterocycles. The van der Waals surface area contributed by atoms with Crippen molar-refractivity contribution in [1.82, 2.24) is 9.97 Å². The zero-order chi connectivity index (χ0) is 20.3. The van der Waals surface area contributed by atoms with Gasteiger partial charge in [0.05, 0.1) is 12.6 Å². The lowest BCUT2D eigenvalue weighted by atomic mass is 10.0. The van der Waals surface area contributed by atoms with Crippen LogP contribution in [0.4, 0.5) is 20.5 Å². The molecular weight excluding hydrogens is 390 g/mol. The molecular formula is C19H21ClF2N4O2. The van der Waals surface area contributed by atoms with Crippen molar-refractivity contribution in [2.24, 2.45) is 0 Å². The minimum atomic E-state index is -2.99. The highest BCUT2D eigenvalue weighted by Gasteiger charge is 2.27. The minimum Gasteiger partial charge on any atom is -0.379 e. The van der Waals surface area contributed by atoms with Gasteiger partial charge in [-0.2, -0.15) is 4.98 Å². The van der Waals surface area contributed by atoms with Gasteiger partial charge in [0.1, 0.15) is 5.82 Å². The minimum absolute atomic E-state index is 0.186. The summed E-state index contributed by atoms with van der Waals surface area (Å²) in [6.45, 7) is 3.51. The van der Waals surface area contributed by atoms with E-state index < -0.39 is 12.2 Å². The molecule has 28 heavy (non-hydrogen) atoms. The third-order valence-electron chi connectivity index (χ3n) is 4.54. The lowest BCUT2D eigenvalue weighted by Gasteiger charge is -2.31. The Labute approximate surface area is 166 Å². The summed E-state index contributed by atoms with van der Waals surface area (Å²) in [5.74, 6) is -0.269. The number of nitrogens with two attached hydrogens (primary N) is 1. The summed E-state index contributed by atoms with van der Waals surface area (Å²) in [4.78, 5) is 21.8. The fourth-order valence-electron chi connectivity index (χ4n) is 3.26. The van der Waals surface area contributed by atoms with E-state index in [0.29, 0.717) is 36.2 Å². The average molecular weight is 411 g/mol. The SMILES string of the molecule is Cc1cc(N2CCCOC[C@@H]2c2ccc(CC(=O)C(F)F)cc2Cl)nc(N)n1. The molecule has 1 aliphatic rings. The van der Waals surface area contributed by atoms with Crippen LogP contribution in [0.1, 0.15) is 29.3 Å². The number of ketones is 1. The van der Waals surface area contributed by atoms with E-state index in [2.05, 4.69) is 14.9 Å². The van der Waals surface area contributed by atoms with E-state index in [-0.39, 0.29) is 18.4 Å². The van der Waals surface area contributed by atoms with E-state index in [4.69, 9.17) is 22.1 Å². The van der Waals surface area contributed by atoms with Gasteiger partial charge in [0.2, 0.25) is 11.7 Å². The summed E-state index contributed by atoms with van der Waals surface area (Å²) in [6.07, 6.45) is -2.54. The Morgan fingerprint density at radius 2 is 2.18 bits per heavy atom.